The van der Waals surface area contributed by atoms with E-state index < -0.39 is 20.7 Å². The molecule has 15 heteroatoms. The Bertz CT molecular complexity index is 1160. The Balaban J connectivity index is 0.00000267. The summed E-state index contributed by atoms with van der Waals surface area (Å²) >= 11 is 5.81. The molecule has 39 heavy (non-hydrogen) atoms. The lowest BCUT2D eigenvalue weighted by molar-refractivity contribution is -0.132. The first-order valence-corrected chi connectivity index (χ1v) is 14.3. The number of hydrogen-bond acceptors (Lipinski definition) is 9. The highest BCUT2D eigenvalue weighted by Gasteiger charge is 2.55. The fourth-order valence-corrected chi connectivity index (χ4v) is 7.02. The first kappa shape index (κ1) is 33.1. The van der Waals surface area contributed by atoms with Crippen molar-refractivity contribution in [2.45, 2.75) is 37.4 Å². The summed E-state index contributed by atoms with van der Waals surface area (Å²) in [6, 6.07) is 11.1. The average Bonchev–Trinajstić information content (AvgIpc) is 2.93. The smallest absolute Gasteiger partial charge is 0.266 e. The first-order chi connectivity index (χ1) is 17.8. The topological polar surface area (TPSA) is 128 Å². The zero-order valence-electron chi connectivity index (χ0n) is 21.7. The molecule has 0 unspecified atom stereocenters. The Hall–Kier alpha value is -2.09. The van der Waals surface area contributed by atoms with E-state index in [0.717, 1.165) is 24.3 Å². The maximum Gasteiger partial charge on any atom is 0.266 e. The molecule has 1 amide bonds. The quantitative estimate of drug-likeness (QED) is 0.245. The van der Waals surface area contributed by atoms with Gasteiger partial charge in [-0.25, -0.2) is 13.9 Å². The number of halogens is 3. The number of carbonyl (C=O) groups excluding carboxylic acids is 1. The van der Waals surface area contributed by atoms with Gasteiger partial charge in [0.05, 0.1) is 6.61 Å². The second-order valence-electron chi connectivity index (χ2n) is 9.22. The van der Waals surface area contributed by atoms with Crippen LogP contribution in [-0.2, 0) is 14.8 Å². The van der Waals surface area contributed by atoms with Gasteiger partial charge < -0.3 is 14.5 Å². The van der Waals surface area contributed by atoms with Crippen molar-refractivity contribution in [2.75, 3.05) is 55.7 Å². The highest BCUT2D eigenvalue weighted by atomic mass is 35.5. The average molecular weight is 626 g/mol. The molecule has 2 aliphatic rings. The van der Waals surface area contributed by atoms with E-state index in [-0.39, 0.29) is 69.0 Å². The summed E-state index contributed by atoms with van der Waals surface area (Å²) in [7, 11) is -4.06. The number of anilines is 2. The maximum atomic E-state index is 13.8. The molecule has 1 aromatic heterocycles. The molecule has 2 aromatic rings. The van der Waals surface area contributed by atoms with Crippen molar-refractivity contribution in [3.05, 3.63) is 41.6 Å². The molecule has 218 valence electrons. The molecule has 0 aliphatic carbocycles. The Labute approximate surface area is 246 Å². The number of rotatable bonds is 9. The molecule has 2 saturated heterocycles. The van der Waals surface area contributed by atoms with Gasteiger partial charge in [0.15, 0.2) is 15.7 Å². The van der Waals surface area contributed by atoms with E-state index in [9.17, 15) is 18.4 Å². The number of piperazine rings is 1. The zero-order valence-corrected chi connectivity index (χ0v) is 24.9. The van der Waals surface area contributed by atoms with Crippen molar-refractivity contribution in [3.63, 3.8) is 0 Å². The van der Waals surface area contributed by atoms with Gasteiger partial charge >= 0.3 is 0 Å². The van der Waals surface area contributed by atoms with Crippen LogP contribution in [-0.4, -0.2) is 84.7 Å². The van der Waals surface area contributed by atoms with Crippen molar-refractivity contribution in [3.8, 4) is 5.75 Å². The van der Waals surface area contributed by atoms with Crippen molar-refractivity contribution in [2.24, 2.45) is 0 Å². The number of sulfonamides is 1. The van der Waals surface area contributed by atoms with E-state index in [1.54, 1.807) is 17.6 Å². The monoisotopic (exact) mass is 624 g/mol. The van der Waals surface area contributed by atoms with E-state index in [0.29, 0.717) is 25.5 Å². The minimum absolute atomic E-state index is 0. The Kier molecular flexibility index (Phi) is 12.3. The lowest BCUT2D eigenvalue weighted by atomic mass is 9.95. The van der Waals surface area contributed by atoms with Gasteiger partial charge in [-0.15, -0.1) is 35.0 Å². The zero-order chi connectivity index (χ0) is 26.5. The third-order valence-corrected chi connectivity index (χ3v) is 9.90. The second-order valence-corrected chi connectivity index (χ2v) is 11.9. The number of nitrogens with zero attached hydrogens (tertiary/aromatic N) is 5. The van der Waals surface area contributed by atoms with Crippen LogP contribution in [0.15, 0.2) is 36.4 Å². The predicted molar refractivity (Wildman–Crippen MR) is 155 cm³/mol. The van der Waals surface area contributed by atoms with Crippen LogP contribution in [0.4, 0.5) is 11.5 Å². The van der Waals surface area contributed by atoms with E-state index in [1.807, 2.05) is 29.2 Å². The van der Waals surface area contributed by atoms with E-state index >= 15 is 0 Å². The Morgan fingerprint density at radius 3 is 2.18 bits per heavy atom. The number of nitrogens with one attached hydrogen (secondary N) is 1. The van der Waals surface area contributed by atoms with Crippen molar-refractivity contribution in [1.82, 2.24) is 20.0 Å². The molecule has 0 radical (unpaired) electrons. The number of benzene rings is 1. The van der Waals surface area contributed by atoms with Crippen LogP contribution in [0.3, 0.4) is 0 Å². The number of ether oxygens (including phenoxy) is 1. The number of carbonyl (C=O) groups is 1. The summed E-state index contributed by atoms with van der Waals surface area (Å²) in [4.78, 5) is 16.8. The van der Waals surface area contributed by atoms with Gasteiger partial charge in [-0.2, -0.15) is 4.31 Å². The van der Waals surface area contributed by atoms with Gasteiger partial charge in [0.25, 0.3) is 5.91 Å². The van der Waals surface area contributed by atoms with Gasteiger partial charge in [0.1, 0.15) is 5.75 Å². The molecule has 0 atom stereocenters. The van der Waals surface area contributed by atoms with Gasteiger partial charge in [-0.3, -0.25) is 10.0 Å². The molecule has 0 bridgehead atoms. The van der Waals surface area contributed by atoms with E-state index in [2.05, 4.69) is 22.0 Å². The second kappa shape index (κ2) is 14.5. The number of piperidine rings is 1. The van der Waals surface area contributed by atoms with E-state index in [1.165, 1.54) is 4.31 Å². The van der Waals surface area contributed by atoms with Crippen molar-refractivity contribution < 1.29 is 23.2 Å². The number of hydroxylamine groups is 1. The largest absolute Gasteiger partial charge is 0.494 e. The maximum absolute atomic E-state index is 13.8. The number of hydrogen-bond donors (Lipinski definition) is 2. The summed E-state index contributed by atoms with van der Waals surface area (Å²) in [5.41, 5.74) is 2.60. The summed E-state index contributed by atoms with van der Waals surface area (Å²) < 4.78 is 33.0. The van der Waals surface area contributed by atoms with Crippen LogP contribution in [0, 0.1) is 0 Å². The fraction of sp³-hybridized carbons (Fsp3) is 0.542. The molecule has 1 aromatic carbocycles. The lowest BCUT2D eigenvalue weighted by Gasteiger charge is -2.44. The predicted octanol–water partition coefficient (Wildman–Crippen LogP) is 3.15. The third kappa shape index (κ3) is 7.17. The Morgan fingerprint density at radius 1 is 1.00 bits per heavy atom. The summed E-state index contributed by atoms with van der Waals surface area (Å²) in [5, 5.41) is 17.6. The van der Waals surface area contributed by atoms with Crippen LogP contribution in [0.5, 0.6) is 5.75 Å². The van der Waals surface area contributed by atoms with Crippen molar-refractivity contribution in [1.29, 1.82) is 0 Å². The van der Waals surface area contributed by atoms with Crippen LogP contribution in [0.2, 0.25) is 5.15 Å². The van der Waals surface area contributed by atoms with Crippen LogP contribution in [0.25, 0.3) is 0 Å². The summed E-state index contributed by atoms with van der Waals surface area (Å²) in [6.45, 7) is 4.76. The lowest BCUT2D eigenvalue weighted by Crippen LogP contribution is -2.63. The van der Waals surface area contributed by atoms with Gasteiger partial charge in [-0.05, 0) is 55.7 Å². The van der Waals surface area contributed by atoms with Crippen LogP contribution in [0.1, 0.15) is 32.6 Å². The molecule has 4 rings (SSSR count). The van der Waals surface area contributed by atoms with Gasteiger partial charge in [0, 0.05) is 45.0 Å². The van der Waals surface area contributed by atoms with E-state index in [4.69, 9.17) is 16.3 Å². The number of amides is 1. The molecule has 2 N–H and O–H groups in total. The first-order valence-electron chi connectivity index (χ1n) is 12.5. The SMILES string of the molecule is CCCCOc1ccc(N2CCN(S(=O)(=O)C3(C(=O)NO)CCN(c4ccc(Cl)nn4)CC3)CC2)cc1.Cl.Cl. The van der Waals surface area contributed by atoms with Gasteiger partial charge in [-0.1, -0.05) is 24.9 Å². The fourth-order valence-electron chi connectivity index (χ4n) is 4.80. The molecule has 11 nitrogen and oxygen atoms in total. The Morgan fingerprint density at radius 2 is 1.64 bits per heavy atom. The van der Waals surface area contributed by atoms with Crippen LogP contribution < -0.4 is 20.0 Å². The summed E-state index contributed by atoms with van der Waals surface area (Å²) in [6.07, 6.45) is 2.08. The third-order valence-electron chi connectivity index (χ3n) is 7.07. The van der Waals surface area contributed by atoms with Gasteiger partial charge in [0.2, 0.25) is 10.0 Å². The normalized spacial score (nSPS) is 17.5. The number of aromatic nitrogens is 2. The van der Waals surface area contributed by atoms with Crippen LogP contribution >= 0.6 is 36.4 Å². The number of unbranched alkanes of at least 4 members (excludes halogenated alkanes) is 1. The molecule has 0 spiro atoms. The molecule has 3 heterocycles. The molecule has 2 aliphatic heterocycles. The highest BCUT2D eigenvalue weighted by Crippen LogP contribution is 2.36. The highest BCUT2D eigenvalue weighted by molar-refractivity contribution is 7.91. The molecular formula is C24H35Cl3N6O5S. The van der Waals surface area contributed by atoms with Crippen molar-refractivity contribution >= 4 is 63.9 Å². The minimum Gasteiger partial charge on any atom is -0.494 e. The summed E-state index contributed by atoms with van der Waals surface area (Å²) in [5.74, 6) is 0.455. The molecule has 2 fully saturated rings. The molecular weight excluding hydrogens is 591 g/mol. The standard InChI is InChI=1S/C24H33ClN6O5S.2ClH/c1-2-3-18-36-20-6-4-19(5-7-20)29-14-16-31(17-15-29)37(34,35)24(23(32)28-33)10-12-30(13-11-24)22-9-8-21(25)26-27-22;;/h4-9,33H,2-3,10-18H2,1H3,(H,28,32);2*1H. The molecule has 0 saturated carbocycles. The minimum atomic E-state index is -4.06.